The van der Waals surface area contributed by atoms with Gasteiger partial charge in [-0.2, -0.15) is 44.7 Å². The fourth-order valence-corrected chi connectivity index (χ4v) is 10.9. The van der Waals surface area contributed by atoms with Gasteiger partial charge in [0.1, 0.15) is 5.56 Å². The first-order valence-corrected chi connectivity index (χ1v) is 24.4. The third-order valence-electron chi connectivity index (χ3n) is 14.4. The molecule has 0 aliphatic rings. The molecule has 0 spiro atoms. The van der Waals surface area contributed by atoms with E-state index in [-0.39, 0.29) is 28.1 Å². The first-order valence-electron chi connectivity index (χ1n) is 24.4. The van der Waals surface area contributed by atoms with Gasteiger partial charge in [-0.3, -0.25) is 0 Å². The predicted octanol–water partition coefficient (Wildman–Crippen LogP) is 16.5. The van der Waals surface area contributed by atoms with E-state index in [4.69, 9.17) is 0 Å². The van der Waals surface area contributed by atoms with Gasteiger partial charge in [-0.15, -0.1) is 0 Å². The Morgan fingerprint density at radius 3 is 0.846 bits per heavy atom. The van der Waals surface area contributed by atoms with Crippen molar-refractivity contribution in [1.82, 2.24) is 9.13 Å². The van der Waals surface area contributed by atoms with E-state index >= 15 is 13.2 Å². The fourth-order valence-electron chi connectivity index (χ4n) is 10.9. The molecule has 0 radical (unpaired) electrons. The largest absolute Gasteiger partial charge is 0.420 e. The van der Waals surface area contributed by atoms with Crippen LogP contribution in [0.2, 0.25) is 0 Å². The van der Waals surface area contributed by atoms with Crippen LogP contribution in [0.4, 0.5) is 13.2 Å². The number of hydrogen-bond donors (Lipinski definition) is 0. The van der Waals surface area contributed by atoms with Gasteiger partial charge in [0.2, 0.25) is 0 Å². The van der Waals surface area contributed by atoms with Crippen LogP contribution >= 0.6 is 0 Å². The summed E-state index contributed by atoms with van der Waals surface area (Å²) < 4.78 is 54.5. The molecule has 12 aromatic rings. The Kier molecular flexibility index (Phi) is 11.4. The second-order valence-electron chi connectivity index (χ2n) is 18.6. The van der Waals surface area contributed by atoms with Gasteiger partial charge in [-0.1, -0.05) is 97.1 Å². The summed E-state index contributed by atoms with van der Waals surface area (Å²) in [4.78, 5) is 0. The van der Waals surface area contributed by atoms with Gasteiger partial charge in [0, 0.05) is 21.5 Å². The average Bonchev–Trinajstić information content (AvgIpc) is 4.01. The maximum Gasteiger partial charge on any atom is 0.420 e. The van der Waals surface area contributed by atoms with Crippen LogP contribution in [0.25, 0.3) is 111 Å². The van der Waals surface area contributed by atoms with Crippen molar-refractivity contribution < 1.29 is 13.2 Å². The number of alkyl halides is 3. The van der Waals surface area contributed by atoms with E-state index in [9.17, 15) is 31.6 Å². The molecule has 0 saturated heterocycles. The fraction of sp³-hybridized carbons (Fsp3) is 0.0149. The van der Waals surface area contributed by atoms with Gasteiger partial charge in [-0.05, 0) is 159 Å². The minimum Gasteiger partial charge on any atom is -0.309 e. The van der Waals surface area contributed by atoms with Crippen molar-refractivity contribution in [3.63, 3.8) is 0 Å². The normalized spacial score (nSPS) is 11.2. The van der Waals surface area contributed by atoms with Crippen molar-refractivity contribution in [3.8, 4) is 103 Å². The van der Waals surface area contributed by atoms with Gasteiger partial charge < -0.3 is 9.13 Å². The second-order valence-corrected chi connectivity index (χ2v) is 18.6. The molecule has 11 heteroatoms. The molecule has 362 valence electrons. The zero-order valence-electron chi connectivity index (χ0n) is 40.8. The zero-order chi connectivity index (χ0) is 53.8. The minimum absolute atomic E-state index is 0.131. The summed E-state index contributed by atoms with van der Waals surface area (Å²) >= 11 is 0. The van der Waals surface area contributed by atoms with Gasteiger partial charge >= 0.3 is 6.18 Å². The number of halogens is 3. The van der Waals surface area contributed by atoms with Gasteiger partial charge in [0.05, 0.1) is 103 Å². The monoisotopic (exact) mass is 1010 g/mol. The second kappa shape index (κ2) is 18.8. The standard InChI is InChI=1S/C67H33F3N8/c68-67(69,70)66-64(77-60-21-17-42(52-13-5-1-9-46(52)36-73)28-56(60)57-29-43(18-22-61(57)77)53-14-6-2-10-47(53)37-74)32-51(50-26-40(34-71)25-41(27-50)35-72)33-65(66)78-62-23-19-44(54-15-7-3-11-48(54)38-75)30-58(62)59-31-45(20-24-63(59)78)55-16-8-4-12-49(55)39-76/h1-33H. The van der Waals surface area contributed by atoms with Gasteiger partial charge in [0.25, 0.3) is 0 Å². The molecule has 0 saturated carbocycles. The van der Waals surface area contributed by atoms with E-state index in [0.29, 0.717) is 116 Å². The molecule has 0 atom stereocenters. The molecule has 0 amide bonds. The predicted molar refractivity (Wildman–Crippen MR) is 296 cm³/mol. The molecule has 0 fully saturated rings. The van der Waals surface area contributed by atoms with Crippen LogP contribution in [-0.2, 0) is 6.18 Å². The Balaban J connectivity index is 1.24. The summed E-state index contributed by atoms with van der Waals surface area (Å²) in [7, 11) is 0. The van der Waals surface area contributed by atoms with Crippen LogP contribution in [0.15, 0.2) is 200 Å². The minimum atomic E-state index is -5.06. The summed E-state index contributed by atoms with van der Waals surface area (Å²) in [5.41, 5.74) is 7.69. The number of benzene rings is 10. The summed E-state index contributed by atoms with van der Waals surface area (Å²) in [6.45, 7) is 0. The maximum absolute atomic E-state index is 17.1. The van der Waals surface area contributed by atoms with Crippen molar-refractivity contribution in [3.05, 3.63) is 239 Å². The Morgan fingerprint density at radius 1 is 0.295 bits per heavy atom. The molecule has 0 N–H and O–H groups in total. The summed E-state index contributed by atoms with van der Waals surface area (Å²) in [5.74, 6) is 0. The zero-order valence-corrected chi connectivity index (χ0v) is 40.8. The molecular formula is C67H33F3N8. The highest BCUT2D eigenvalue weighted by Crippen LogP contribution is 2.48. The topological polar surface area (TPSA) is 153 Å². The average molecular weight is 1010 g/mol. The van der Waals surface area contributed by atoms with Gasteiger partial charge in [-0.25, -0.2) is 0 Å². The highest BCUT2D eigenvalue weighted by molar-refractivity contribution is 6.14. The Morgan fingerprint density at radius 2 is 0.577 bits per heavy atom. The van der Waals surface area contributed by atoms with Crippen LogP contribution in [0.3, 0.4) is 0 Å². The number of hydrogen-bond acceptors (Lipinski definition) is 6. The van der Waals surface area contributed by atoms with Crippen LogP contribution in [0, 0.1) is 68.0 Å². The van der Waals surface area contributed by atoms with E-state index in [2.05, 4.69) is 36.4 Å². The number of nitriles is 6. The third-order valence-corrected chi connectivity index (χ3v) is 14.4. The molecule has 0 unspecified atom stereocenters. The third kappa shape index (κ3) is 7.82. The molecule has 8 nitrogen and oxygen atoms in total. The number of rotatable bonds is 7. The highest BCUT2D eigenvalue weighted by Gasteiger charge is 2.40. The number of fused-ring (bicyclic) bond motifs is 6. The van der Waals surface area contributed by atoms with Crippen molar-refractivity contribution in [2.75, 3.05) is 0 Å². The summed E-state index contributed by atoms with van der Waals surface area (Å²) in [5, 5.41) is 63.5. The maximum atomic E-state index is 17.1. The molecule has 78 heavy (non-hydrogen) atoms. The highest BCUT2D eigenvalue weighted by atomic mass is 19.4. The molecule has 0 aliphatic heterocycles. The first kappa shape index (κ1) is 47.5. The Bertz CT molecular complexity index is 4300. The lowest BCUT2D eigenvalue weighted by molar-refractivity contribution is -0.137. The summed E-state index contributed by atoms with van der Waals surface area (Å²) in [6, 6.07) is 70.7. The van der Waals surface area contributed by atoms with E-state index in [1.165, 1.54) is 18.2 Å². The lowest BCUT2D eigenvalue weighted by Crippen LogP contribution is -2.16. The smallest absolute Gasteiger partial charge is 0.309 e. The van der Waals surface area contributed by atoms with E-state index < -0.39 is 11.7 Å². The molecular weight excluding hydrogens is 974 g/mol. The van der Waals surface area contributed by atoms with Crippen molar-refractivity contribution in [2.24, 2.45) is 0 Å². The number of nitrogens with zero attached hydrogens (tertiary/aromatic N) is 8. The Hall–Kier alpha value is -11.5. The lowest BCUT2D eigenvalue weighted by atomic mass is 9.96. The summed E-state index contributed by atoms with van der Waals surface area (Å²) in [6.07, 6.45) is -5.06. The van der Waals surface area contributed by atoms with Crippen molar-refractivity contribution >= 4 is 43.6 Å². The van der Waals surface area contributed by atoms with Crippen molar-refractivity contribution in [1.29, 1.82) is 31.6 Å². The van der Waals surface area contributed by atoms with Crippen LogP contribution in [0.5, 0.6) is 0 Å². The first-order chi connectivity index (χ1) is 38.0. The van der Waals surface area contributed by atoms with E-state index in [0.717, 1.165) is 0 Å². The SMILES string of the molecule is N#Cc1cc(C#N)cc(-c2cc(-n3c4ccc(-c5ccccc5C#N)cc4c4cc(-c5ccccc5C#N)ccc43)c(C(F)(F)F)c(-n3c4ccc(-c5ccccc5C#N)cc4c4cc(-c5ccccc5C#N)ccc43)c2)c1. The number of aromatic nitrogens is 2. The lowest BCUT2D eigenvalue weighted by Gasteiger charge is -2.23. The van der Waals surface area contributed by atoms with Gasteiger partial charge in [0.15, 0.2) is 0 Å². The van der Waals surface area contributed by atoms with E-state index in [1.807, 2.05) is 72.8 Å². The van der Waals surface area contributed by atoms with Crippen LogP contribution in [0.1, 0.15) is 38.9 Å². The molecule has 2 aromatic heterocycles. The molecule has 0 aliphatic carbocycles. The molecule has 10 aromatic carbocycles. The molecule has 2 heterocycles. The quantitative estimate of drug-likeness (QED) is 0.155. The Labute approximate surface area is 444 Å². The van der Waals surface area contributed by atoms with E-state index in [1.54, 1.807) is 118 Å². The van der Waals surface area contributed by atoms with Crippen LogP contribution < -0.4 is 0 Å². The molecule has 0 bridgehead atoms. The van der Waals surface area contributed by atoms with Crippen molar-refractivity contribution in [2.45, 2.75) is 6.18 Å². The molecule has 12 rings (SSSR count). The van der Waals surface area contributed by atoms with Crippen LogP contribution in [-0.4, -0.2) is 9.13 Å².